The first-order valence-corrected chi connectivity index (χ1v) is 15.3. The molecule has 2 aromatic rings. The van der Waals surface area contributed by atoms with E-state index in [1.54, 1.807) is 0 Å². The molecule has 8 nitrogen and oxygen atoms in total. The van der Waals surface area contributed by atoms with E-state index in [1.807, 2.05) is 11.0 Å². The molecular weight excluding hydrogens is 523 g/mol. The summed E-state index contributed by atoms with van der Waals surface area (Å²) in [4.78, 5) is 21.5. The monoisotopic (exact) mass is 568 g/mol. The quantitative estimate of drug-likeness (QED) is 0.345. The lowest BCUT2D eigenvalue weighted by Gasteiger charge is -2.31. The number of aliphatic carboxylic acids is 1. The van der Waals surface area contributed by atoms with Crippen molar-refractivity contribution in [3.05, 3.63) is 52.5 Å². The minimum absolute atomic E-state index is 0.0295. The van der Waals surface area contributed by atoms with Gasteiger partial charge in [0.15, 0.2) is 11.6 Å². The second-order valence-electron chi connectivity index (χ2n) is 11.9. The zero-order valence-electron chi connectivity index (χ0n) is 24.5. The largest absolute Gasteiger partial charge is 0.493 e. The number of unbranched alkanes of at least 4 members (excludes halogenated alkanes) is 2. The van der Waals surface area contributed by atoms with Crippen molar-refractivity contribution in [1.29, 1.82) is 0 Å². The maximum absolute atomic E-state index is 15.2. The topological polar surface area (TPSA) is 87.2 Å². The number of carboxylic acid groups (broad SMARTS) is 1. The van der Waals surface area contributed by atoms with Gasteiger partial charge in [0.25, 0.3) is 0 Å². The average Bonchev–Trinajstić information content (AvgIpc) is 3.43. The second-order valence-corrected chi connectivity index (χ2v) is 11.9. The summed E-state index contributed by atoms with van der Waals surface area (Å²) >= 11 is 0. The van der Waals surface area contributed by atoms with E-state index in [2.05, 4.69) is 29.4 Å². The van der Waals surface area contributed by atoms with Crippen LogP contribution in [0.15, 0.2) is 24.3 Å². The summed E-state index contributed by atoms with van der Waals surface area (Å²) in [6.07, 6.45) is 8.90. The number of halogens is 1. The van der Waals surface area contributed by atoms with Crippen LogP contribution in [0, 0.1) is 5.82 Å². The van der Waals surface area contributed by atoms with E-state index >= 15 is 4.39 Å². The molecule has 0 spiro atoms. The first-order chi connectivity index (χ1) is 19.9. The molecule has 2 fully saturated rings. The molecule has 1 unspecified atom stereocenters. The Morgan fingerprint density at radius 1 is 1.17 bits per heavy atom. The summed E-state index contributed by atoms with van der Waals surface area (Å²) in [7, 11) is 3.50. The number of carboxylic acids is 1. The Hall–Kier alpha value is -2.75. The van der Waals surface area contributed by atoms with E-state index < -0.39 is 17.8 Å². The molecule has 5 rings (SSSR count). The van der Waals surface area contributed by atoms with Crippen molar-refractivity contribution in [2.24, 2.45) is 0 Å². The molecule has 41 heavy (non-hydrogen) atoms. The number of carbonyl (C=O) groups is 1. The van der Waals surface area contributed by atoms with Crippen LogP contribution in [0.2, 0.25) is 0 Å². The minimum atomic E-state index is -0.991. The maximum atomic E-state index is 15.2. The first kappa shape index (κ1) is 29.7. The average molecular weight is 569 g/mol. The molecule has 0 amide bonds. The van der Waals surface area contributed by atoms with Crippen LogP contribution in [-0.4, -0.2) is 85.5 Å². The molecule has 224 valence electrons. The number of piperidine rings is 1. The third-order valence-electron chi connectivity index (χ3n) is 8.94. The van der Waals surface area contributed by atoms with Crippen LogP contribution in [0.5, 0.6) is 5.75 Å². The van der Waals surface area contributed by atoms with Crippen LogP contribution in [0.3, 0.4) is 0 Å². The summed E-state index contributed by atoms with van der Waals surface area (Å²) < 4.78 is 26.8. The lowest BCUT2D eigenvalue weighted by Crippen LogP contribution is -2.34. The highest BCUT2D eigenvalue weighted by Gasteiger charge is 2.37. The lowest BCUT2D eigenvalue weighted by molar-refractivity contribution is -0.143. The van der Waals surface area contributed by atoms with Crippen molar-refractivity contribution in [3.8, 4) is 5.75 Å². The van der Waals surface area contributed by atoms with Gasteiger partial charge in [0.2, 0.25) is 0 Å². The predicted octanol–water partition coefficient (Wildman–Crippen LogP) is 5.03. The smallest absolute Gasteiger partial charge is 0.325 e. The number of nitrogens with one attached hydrogen (secondary N) is 1. The Balaban J connectivity index is 1.13. The summed E-state index contributed by atoms with van der Waals surface area (Å²) in [5.74, 6) is -0.179. The van der Waals surface area contributed by atoms with Gasteiger partial charge in [-0.15, -0.1) is 0 Å². The fraction of sp³-hybridized carbons (Fsp3) is 0.625. The molecule has 3 aliphatic rings. The summed E-state index contributed by atoms with van der Waals surface area (Å²) in [6.45, 7) is 4.64. The van der Waals surface area contributed by atoms with E-state index in [-0.39, 0.29) is 17.8 Å². The van der Waals surface area contributed by atoms with Gasteiger partial charge in [-0.3, -0.25) is 9.69 Å². The van der Waals surface area contributed by atoms with Crippen LogP contribution < -0.4 is 10.1 Å². The molecule has 0 saturated carbocycles. The number of benzene rings is 1. The zero-order chi connectivity index (χ0) is 28.8. The molecule has 2 N–H and O–H groups in total. The van der Waals surface area contributed by atoms with Crippen LogP contribution in [0.1, 0.15) is 79.3 Å². The van der Waals surface area contributed by atoms with Gasteiger partial charge in [0.1, 0.15) is 11.9 Å². The lowest BCUT2D eigenvalue weighted by atomic mass is 9.87. The van der Waals surface area contributed by atoms with Crippen molar-refractivity contribution in [3.63, 3.8) is 0 Å². The standard InChI is InChI=1S/C32H45FN4O4/c1-36-15-11-22(12-16-36)24-19-27(30(40-2)28(33)20-24)29(32(38)39)37-17-13-26(21-37)41-18-5-3-4-8-25-10-9-23-7-6-14-34-31(23)35-25/h9-10,19-20,22,26,29H,3-8,11-18,21H2,1-2H3,(H,34,35)(H,38,39)/t26-,29?/m1/s1. The van der Waals surface area contributed by atoms with E-state index in [4.69, 9.17) is 14.5 Å². The summed E-state index contributed by atoms with van der Waals surface area (Å²) in [6, 6.07) is 6.79. The van der Waals surface area contributed by atoms with Gasteiger partial charge in [0.05, 0.1) is 13.2 Å². The molecule has 2 atom stereocenters. The van der Waals surface area contributed by atoms with Gasteiger partial charge in [-0.05, 0) is 107 Å². The number of ether oxygens (including phenoxy) is 2. The van der Waals surface area contributed by atoms with Crippen molar-refractivity contribution in [2.45, 2.75) is 75.9 Å². The summed E-state index contributed by atoms with van der Waals surface area (Å²) in [5, 5.41) is 13.7. The van der Waals surface area contributed by atoms with Crippen molar-refractivity contribution in [2.75, 3.05) is 58.8 Å². The van der Waals surface area contributed by atoms with E-state index in [0.29, 0.717) is 25.3 Å². The number of aromatic nitrogens is 1. The number of hydrogen-bond acceptors (Lipinski definition) is 7. The Morgan fingerprint density at radius 3 is 2.78 bits per heavy atom. The fourth-order valence-corrected chi connectivity index (χ4v) is 6.59. The Bertz CT molecular complexity index is 1190. The van der Waals surface area contributed by atoms with Crippen molar-refractivity contribution in [1.82, 2.24) is 14.8 Å². The van der Waals surface area contributed by atoms with Crippen LogP contribution in [0.4, 0.5) is 10.2 Å². The van der Waals surface area contributed by atoms with Crippen LogP contribution >= 0.6 is 0 Å². The first-order valence-electron chi connectivity index (χ1n) is 15.3. The number of likely N-dealkylation sites (tertiary alicyclic amines) is 2. The number of hydrogen-bond donors (Lipinski definition) is 2. The summed E-state index contributed by atoms with van der Waals surface area (Å²) in [5.41, 5.74) is 3.72. The molecule has 0 radical (unpaired) electrons. The Morgan fingerprint density at radius 2 is 2.00 bits per heavy atom. The number of nitrogens with zero attached hydrogens (tertiary/aromatic N) is 3. The second kappa shape index (κ2) is 13.9. The molecular formula is C32H45FN4O4. The number of aryl methyl sites for hydroxylation is 2. The fourth-order valence-electron chi connectivity index (χ4n) is 6.59. The Labute approximate surface area is 243 Å². The normalized spacial score (nSPS) is 20.9. The minimum Gasteiger partial charge on any atom is -0.493 e. The number of methoxy groups -OCH3 is 1. The number of pyridine rings is 1. The van der Waals surface area contributed by atoms with E-state index in [1.165, 1.54) is 25.2 Å². The van der Waals surface area contributed by atoms with E-state index in [0.717, 1.165) is 88.1 Å². The predicted molar refractivity (Wildman–Crippen MR) is 157 cm³/mol. The number of anilines is 1. The van der Waals surface area contributed by atoms with Gasteiger partial charge in [-0.2, -0.15) is 0 Å². The van der Waals surface area contributed by atoms with Crippen LogP contribution in [-0.2, 0) is 22.4 Å². The SMILES string of the molecule is COc1c(F)cc(C2CCN(C)CC2)cc1C(C(=O)O)N1CC[C@@H](OCCCCCc2ccc3c(n2)NCCC3)C1. The number of rotatable bonds is 12. The molecule has 4 heterocycles. The third-order valence-corrected chi connectivity index (χ3v) is 8.94. The molecule has 3 aliphatic heterocycles. The third kappa shape index (κ3) is 7.37. The molecule has 9 heteroatoms. The maximum Gasteiger partial charge on any atom is 0.325 e. The van der Waals surface area contributed by atoms with Gasteiger partial charge >= 0.3 is 5.97 Å². The van der Waals surface area contributed by atoms with Crippen molar-refractivity contribution < 1.29 is 23.8 Å². The number of fused-ring (bicyclic) bond motifs is 1. The zero-order valence-corrected chi connectivity index (χ0v) is 24.5. The highest BCUT2D eigenvalue weighted by molar-refractivity contribution is 5.77. The van der Waals surface area contributed by atoms with Crippen molar-refractivity contribution >= 4 is 11.8 Å². The Kier molecular flexibility index (Phi) is 10.1. The molecule has 0 bridgehead atoms. The molecule has 0 aliphatic carbocycles. The van der Waals surface area contributed by atoms with Gasteiger partial charge in [-0.25, -0.2) is 9.37 Å². The highest BCUT2D eigenvalue weighted by atomic mass is 19.1. The molecule has 1 aromatic heterocycles. The van der Waals surface area contributed by atoms with Gasteiger partial charge < -0.3 is 24.8 Å². The highest BCUT2D eigenvalue weighted by Crippen LogP contribution is 2.39. The van der Waals surface area contributed by atoms with E-state index in [9.17, 15) is 9.90 Å². The van der Waals surface area contributed by atoms with Gasteiger partial charge in [0, 0.05) is 37.5 Å². The molecule has 2 saturated heterocycles. The van der Waals surface area contributed by atoms with Gasteiger partial charge in [-0.1, -0.05) is 12.5 Å². The molecule has 1 aromatic carbocycles. The van der Waals surface area contributed by atoms with Crippen LogP contribution in [0.25, 0.3) is 0 Å².